The highest BCUT2D eigenvalue weighted by molar-refractivity contribution is 6.31. The summed E-state index contributed by atoms with van der Waals surface area (Å²) in [5, 5.41) is 30.4. The van der Waals surface area contributed by atoms with Crippen molar-refractivity contribution < 1.29 is 24.8 Å². The molecule has 1 saturated heterocycles. The summed E-state index contributed by atoms with van der Waals surface area (Å²) in [6.07, 6.45) is -2.37. The number of aliphatic hydroxyl groups is 3. The molecule has 0 aliphatic carbocycles. The molecule has 0 bridgehead atoms. The Labute approximate surface area is 164 Å². The standard InChI is InChI=1S/C21H25ClO5/c1-2-26-16-6-3-13(4-7-16)9-15-10-14(5-8-18(15)22)21-20(25)19(24)11-17(12-23)27-21/h3-8,10,17,19-21,23-25H,2,9,11-12H2,1H3. The quantitative estimate of drug-likeness (QED) is 0.704. The van der Waals surface area contributed by atoms with Crippen molar-refractivity contribution >= 4 is 11.6 Å². The third-order valence-corrected chi connectivity index (χ3v) is 5.15. The van der Waals surface area contributed by atoms with E-state index in [1.54, 1.807) is 12.1 Å². The molecule has 6 heteroatoms. The lowest BCUT2D eigenvalue weighted by molar-refractivity contribution is -0.179. The number of hydrogen-bond acceptors (Lipinski definition) is 5. The van der Waals surface area contributed by atoms with E-state index < -0.39 is 24.4 Å². The Balaban J connectivity index is 1.81. The van der Waals surface area contributed by atoms with Crippen LogP contribution in [-0.2, 0) is 11.2 Å². The van der Waals surface area contributed by atoms with Gasteiger partial charge in [0.25, 0.3) is 0 Å². The topological polar surface area (TPSA) is 79.2 Å². The van der Waals surface area contributed by atoms with Gasteiger partial charge in [-0.2, -0.15) is 0 Å². The van der Waals surface area contributed by atoms with Gasteiger partial charge in [0.15, 0.2) is 0 Å². The summed E-state index contributed by atoms with van der Waals surface area (Å²) in [4.78, 5) is 0. The van der Waals surface area contributed by atoms with E-state index in [4.69, 9.17) is 21.1 Å². The van der Waals surface area contributed by atoms with Crippen molar-refractivity contribution in [2.75, 3.05) is 13.2 Å². The molecule has 0 aromatic heterocycles. The van der Waals surface area contributed by atoms with Crippen molar-refractivity contribution in [3.05, 3.63) is 64.2 Å². The first-order chi connectivity index (χ1) is 13.0. The molecule has 4 atom stereocenters. The predicted molar refractivity (Wildman–Crippen MR) is 103 cm³/mol. The van der Waals surface area contributed by atoms with Gasteiger partial charge in [0, 0.05) is 11.4 Å². The molecule has 1 fully saturated rings. The van der Waals surface area contributed by atoms with Crippen LogP contribution in [0.2, 0.25) is 5.02 Å². The highest BCUT2D eigenvalue weighted by Gasteiger charge is 2.37. The van der Waals surface area contributed by atoms with Crippen molar-refractivity contribution in [1.82, 2.24) is 0 Å². The monoisotopic (exact) mass is 392 g/mol. The average molecular weight is 393 g/mol. The molecule has 2 aromatic carbocycles. The van der Waals surface area contributed by atoms with Crippen molar-refractivity contribution in [2.45, 2.75) is 44.2 Å². The van der Waals surface area contributed by atoms with Gasteiger partial charge < -0.3 is 24.8 Å². The molecular weight excluding hydrogens is 368 g/mol. The van der Waals surface area contributed by atoms with Gasteiger partial charge in [-0.3, -0.25) is 0 Å². The molecule has 0 amide bonds. The maximum atomic E-state index is 10.3. The second-order valence-corrected chi connectivity index (χ2v) is 7.17. The van der Waals surface area contributed by atoms with Crippen LogP contribution in [-0.4, -0.2) is 46.8 Å². The molecule has 1 heterocycles. The zero-order valence-corrected chi connectivity index (χ0v) is 16.0. The first-order valence-electron chi connectivity index (χ1n) is 9.14. The van der Waals surface area contributed by atoms with Gasteiger partial charge >= 0.3 is 0 Å². The van der Waals surface area contributed by atoms with Crippen LogP contribution in [0.25, 0.3) is 0 Å². The van der Waals surface area contributed by atoms with Crippen LogP contribution in [0.3, 0.4) is 0 Å². The van der Waals surface area contributed by atoms with E-state index in [1.807, 2.05) is 37.3 Å². The summed E-state index contributed by atoms with van der Waals surface area (Å²) < 4.78 is 11.2. The maximum Gasteiger partial charge on any atom is 0.119 e. The van der Waals surface area contributed by atoms with Crippen LogP contribution in [0.4, 0.5) is 0 Å². The fraction of sp³-hybridized carbons (Fsp3) is 0.429. The van der Waals surface area contributed by atoms with Gasteiger partial charge in [0.05, 0.1) is 25.4 Å². The Morgan fingerprint density at radius 3 is 2.56 bits per heavy atom. The number of rotatable bonds is 6. The molecule has 1 aliphatic rings. The SMILES string of the molecule is CCOc1ccc(Cc2cc(C3OC(CO)CC(O)C3O)ccc2Cl)cc1. The molecule has 0 saturated carbocycles. The van der Waals surface area contributed by atoms with E-state index in [0.717, 1.165) is 22.4 Å². The summed E-state index contributed by atoms with van der Waals surface area (Å²) in [5.41, 5.74) is 2.70. The minimum atomic E-state index is -1.05. The molecule has 0 spiro atoms. The lowest BCUT2D eigenvalue weighted by Crippen LogP contribution is -2.44. The maximum absolute atomic E-state index is 10.3. The summed E-state index contributed by atoms with van der Waals surface area (Å²) in [6, 6.07) is 13.3. The minimum Gasteiger partial charge on any atom is -0.494 e. The van der Waals surface area contributed by atoms with Gasteiger partial charge in [-0.1, -0.05) is 35.9 Å². The van der Waals surface area contributed by atoms with Crippen molar-refractivity contribution in [1.29, 1.82) is 0 Å². The molecule has 1 aliphatic heterocycles. The fourth-order valence-corrected chi connectivity index (χ4v) is 3.53. The third-order valence-electron chi connectivity index (χ3n) is 4.78. The van der Waals surface area contributed by atoms with Crippen molar-refractivity contribution in [2.24, 2.45) is 0 Å². The molecule has 3 rings (SSSR count). The van der Waals surface area contributed by atoms with Gasteiger partial charge in [0.2, 0.25) is 0 Å². The van der Waals surface area contributed by atoms with Crippen LogP contribution >= 0.6 is 11.6 Å². The summed E-state index contributed by atoms with van der Waals surface area (Å²) in [7, 11) is 0. The highest BCUT2D eigenvalue weighted by atomic mass is 35.5. The number of aliphatic hydroxyl groups excluding tert-OH is 3. The Hall–Kier alpha value is -1.63. The summed E-state index contributed by atoms with van der Waals surface area (Å²) in [5.74, 6) is 0.823. The zero-order chi connectivity index (χ0) is 19.4. The number of benzene rings is 2. The van der Waals surface area contributed by atoms with Crippen LogP contribution in [0.1, 0.15) is 36.1 Å². The fourth-order valence-electron chi connectivity index (χ4n) is 3.34. The van der Waals surface area contributed by atoms with Crippen LogP contribution in [0.5, 0.6) is 5.75 Å². The zero-order valence-electron chi connectivity index (χ0n) is 15.2. The van der Waals surface area contributed by atoms with Crippen LogP contribution in [0, 0.1) is 0 Å². The average Bonchev–Trinajstić information content (AvgIpc) is 2.67. The molecule has 5 nitrogen and oxygen atoms in total. The Kier molecular flexibility index (Phi) is 6.73. The molecule has 2 aromatic rings. The second kappa shape index (κ2) is 9.04. The highest BCUT2D eigenvalue weighted by Crippen LogP contribution is 2.34. The van der Waals surface area contributed by atoms with E-state index >= 15 is 0 Å². The predicted octanol–water partition coefficient (Wildman–Crippen LogP) is 2.87. The van der Waals surface area contributed by atoms with Gasteiger partial charge in [0.1, 0.15) is 18.0 Å². The third kappa shape index (κ3) is 4.81. The normalized spacial score (nSPS) is 25.4. The molecule has 4 unspecified atom stereocenters. The Morgan fingerprint density at radius 1 is 1.15 bits per heavy atom. The molecule has 27 heavy (non-hydrogen) atoms. The van der Waals surface area contributed by atoms with E-state index in [2.05, 4.69) is 0 Å². The second-order valence-electron chi connectivity index (χ2n) is 6.76. The largest absolute Gasteiger partial charge is 0.494 e. The van der Waals surface area contributed by atoms with Gasteiger partial charge in [-0.15, -0.1) is 0 Å². The van der Waals surface area contributed by atoms with Crippen molar-refractivity contribution in [3.8, 4) is 5.75 Å². The Bertz CT molecular complexity index is 749. The van der Waals surface area contributed by atoms with E-state index in [9.17, 15) is 15.3 Å². The van der Waals surface area contributed by atoms with Crippen LogP contribution in [0.15, 0.2) is 42.5 Å². The summed E-state index contributed by atoms with van der Waals surface area (Å²) >= 11 is 6.37. The first-order valence-corrected chi connectivity index (χ1v) is 9.52. The van der Waals surface area contributed by atoms with E-state index in [0.29, 0.717) is 18.1 Å². The number of halogens is 1. The number of ether oxygens (including phenoxy) is 2. The van der Waals surface area contributed by atoms with E-state index in [-0.39, 0.29) is 13.0 Å². The molecule has 3 N–H and O–H groups in total. The lowest BCUT2D eigenvalue weighted by Gasteiger charge is -2.37. The Morgan fingerprint density at radius 2 is 1.89 bits per heavy atom. The smallest absolute Gasteiger partial charge is 0.119 e. The van der Waals surface area contributed by atoms with Crippen molar-refractivity contribution in [3.63, 3.8) is 0 Å². The molecular formula is C21H25ClO5. The lowest BCUT2D eigenvalue weighted by atomic mass is 9.91. The van der Waals surface area contributed by atoms with Gasteiger partial charge in [-0.05, 0) is 48.2 Å². The first kappa shape index (κ1) is 20.1. The van der Waals surface area contributed by atoms with Gasteiger partial charge in [-0.25, -0.2) is 0 Å². The number of hydrogen-bond donors (Lipinski definition) is 3. The summed E-state index contributed by atoms with van der Waals surface area (Å²) in [6.45, 7) is 2.36. The minimum absolute atomic E-state index is 0.201. The van der Waals surface area contributed by atoms with E-state index in [1.165, 1.54) is 0 Å². The molecule has 0 radical (unpaired) electrons. The van der Waals surface area contributed by atoms with Crippen LogP contribution < -0.4 is 4.74 Å². The molecule has 146 valence electrons.